The van der Waals surface area contributed by atoms with Gasteiger partial charge in [-0.2, -0.15) is 0 Å². The minimum atomic E-state index is 0.180. The van der Waals surface area contributed by atoms with Gasteiger partial charge in [0.05, 0.1) is 0 Å². The van der Waals surface area contributed by atoms with Crippen LogP contribution in [0.5, 0.6) is 0 Å². The van der Waals surface area contributed by atoms with Crippen molar-refractivity contribution in [2.24, 2.45) is 34.3 Å². The van der Waals surface area contributed by atoms with Crippen LogP contribution in [0.3, 0.4) is 0 Å². The van der Waals surface area contributed by atoms with E-state index < -0.39 is 0 Å². The van der Waals surface area contributed by atoms with Gasteiger partial charge in [-0.15, -0.1) is 0 Å². The molecule has 1 aliphatic carbocycles. The first-order valence-corrected chi connectivity index (χ1v) is 12.2. The van der Waals surface area contributed by atoms with Crippen LogP contribution in [0.25, 0.3) is 0 Å². The first-order chi connectivity index (χ1) is 13.4. The maximum atomic E-state index is 6.42. The summed E-state index contributed by atoms with van der Waals surface area (Å²) < 4.78 is 0. The van der Waals surface area contributed by atoms with Crippen molar-refractivity contribution < 1.29 is 0 Å². The second kappa shape index (κ2) is 11.5. The fourth-order valence-electron chi connectivity index (χ4n) is 4.73. The maximum Gasteiger partial charge on any atom is 0.00443 e. The van der Waals surface area contributed by atoms with Crippen molar-refractivity contribution in [3.05, 3.63) is 36.0 Å². The first-order valence-electron chi connectivity index (χ1n) is 12.2. The summed E-state index contributed by atoms with van der Waals surface area (Å²) in [6.07, 6.45) is 17.1. The van der Waals surface area contributed by atoms with Crippen LogP contribution in [-0.2, 0) is 0 Å². The highest BCUT2D eigenvalue weighted by Gasteiger charge is 2.44. The van der Waals surface area contributed by atoms with Gasteiger partial charge in [-0.3, -0.25) is 0 Å². The molecule has 0 aromatic carbocycles. The van der Waals surface area contributed by atoms with E-state index in [0.717, 1.165) is 25.2 Å². The van der Waals surface area contributed by atoms with Crippen LogP contribution in [0, 0.1) is 28.6 Å². The molecule has 1 fully saturated rings. The Bertz CT molecular complexity index is 567. The smallest absolute Gasteiger partial charge is 0.00443 e. The monoisotopic (exact) mass is 401 g/mol. The molecule has 5 atom stereocenters. The van der Waals surface area contributed by atoms with E-state index in [1.165, 1.54) is 37.7 Å². The van der Waals surface area contributed by atoms with E-state index in [0.29, 0.717) is 23.3 Å². The summed E-state index contributed by atoms with van der Waals surface area (Å²) in [7, 11) is 0. The van der Waals surface area contributed by atoms with Crippen molar-refractivity contribution in [2.45, 2.75) is 113 Å². The zero-order chi connectivity index (χ0) is 22.2. The molecule has 2 N–H and O–H groups in total. The van der Waals surface area contributed by atoms with E-state index in [9.17, 15) is 0 Å². The highest BCUT2D eigenvalue weighted by Crippen LogP contribution is 2.53. The van der Waals surface area contributed by atoms with Gasteiger partial charge >= 0.3 is 0 Å². The number of nitrogens with two attached hydrogens (primary N) is 1. The Labute approximate surface area is 183 Å². The van der Waals surface area contributed by atoms with Crippen molar-refractivity contribution in [3.8, 4) is 0 Å². The second-order valence-electron chi connectivity index (χ2n) is 11.3. The Morgan fingerprint density at radius 3 is 2.38 bits per heavy atom. The van der Waals surface area contributed by atoms with Gasteiger partial charge < -0.3 is 5.73 Å². The lowest BCUT2D eigenvalue weighted by atomic mass is 9.73. The van der Waals surface area contributed by atoms with Crippen LogP contribution < -0.4 is 5.73 Å². The standard InChI is InChI=1S/C28H51N/c1-10-11-12-13-26(29)18-23(5)17-25(16-21(2)3)27(7,8)19-22(4)14-15-28(9)20-24(28)6/h14-15,17,22-24,26H,2,10-13,16,18-20,29H2,1,3-9H3/b15-14-,25-17-/t22-,23?,24-,26?,28+/m1/s1. The number of unbranched alkanes of at least 4 members (excludes halogenated alkanes) is 2. The second-order valence-corrected chi connectivity index (χ2v) is 11.3. The van der Waals surface area contributed by atoms with E-state index in [4.69, 9.17) is 5.73 Å². The van der Waals surface area contributed by atoms with Gasteiger partial charge in [0.2, 0.25) is 0 Å². The normalized spacial score (nSPS) is 25.8. The molecule has 0 radical (unpaired) electrons. The topological polar surface area (TPSA) is 26.0 Å². The van der Waals surface area contributed by atoms with Crippen molar-refractivity contribution in [3.63, 3.8) is 0 Å². The molecule has 0 aliphatic heterocycles. The van der Waals surface area contributed by atoms with E-state index in [1.54, 1.807) is 5.57 Å². The summed E-state index contributed by atoms with van der Waals surface area (Å²) in [6.45, 7) is 22.9. The van der Waals surface area contributed by atoms with Gasteiger partial charge in [-0.05, 0) is 67.6 Å². The summed E-state index contributed by atoms with van der Waals surface area (Å²) in [6, 6.07) is 0.324. The Morgan fingerprint density at radius 1 is 1.24 bits per heavy atom. The Kier molecular flexibility index (Phi) is 10.4. The molecular formula is C28H51N. The van der Waals surface area contributed by atoms with Crippen LogP contribution in [0.15, 0.2) is 36.0 Å². The van der Waals surface area contributed by atoms with Gasteiger partial charge in [0.1, 0.15) is 0 Å². The maximum absolute atomic E-state index is 6.42. The minimum absolute atomic E-state index is 0.180. The molecule has 2 unspecified atom stereocenters. The van der Waals surface area contributed by atoms with Gasteiger partial charge in [0, 0.05) is 6.04 Å². The molecule has 0 heterocycles. The molecular weight excluding hydrogens is 350 g/mol. The molecule has 0 saturated heterocycles. The molecule has 1 nitrogen and oxygen atoms in total. The highest BCUT2D eigenvalue weighted by atomic mass is 14.6. The first kappa shape index (κ1) is 26.2. The van der Waals surface area contributed by atoms with Crippen molar-refractivity contribution in [1.29, 1.82) is 0 Å². The Balaban J connectivity index is 2.76. The van der Waals surface area contributed by atoms with Gasteiger partial charge in [0.25, 0.3) is 0 Å². The SMILES string of the molecule is C=C(C)C/C(=C/C(C)CC(N)CCCCC)C(C)(C)C[C@H](C)/C=C\[C@@]1(C)C[C@H]1C. The molecule has 1 heteroatoms. The number of allylic oxidation sites excluding steroid dienone is 5. The lowest BCUT2D eigenvalue weighted by molar-refractivity contribution is 0.350. The fraction of sp³-hybridized carbons (Fsp3) is 0.786. The molecule has 0 aromatic rings. The van der Waals surface area contributed by atoms with Gasteiger partial charge in [-0.25, -0.2) is 0 Å². The molecule has 1 rings (SSSR count). The predicted octanol–water partition coefficient (Wildman–Crippen LogP) is 8.47. The summed E-state index contributed by atoms with van der Waals surface area (Å²) in [5.74, 6) is 1.97. The Hall–Kier alpha value is -0.820. The molecule has 168 valence electrons. The van der Waals surface area contributed by atoms with Crippen molar-refractivity contribution in [2.75, 3.05) is 0 Å². The quantitative estimate of drug-likeness (QED) is 0.229. The molecule has 0 spiro atoms. The zero-order valence-corrected chi connectivity index (χ0v) is 21.0. The lowest BCUT2D eigenvalue weighted by Gasteiger charge is -2.32. The average Bonchev–Trinajstić information content (AvgIpc) is 3.19. The van der Waals surface area contributed by atoms with Gasteiger partial charge in [0.15, 0.2) is 0 Å². The largest absolute Gasteiger partial charge is 0.328 e. The molecule has 0 aromatic heterocycles. The third-order valence-corrected chi connectivity index (χ3v) is 7.05. The van der Waals surface area contributed by atoms with Crippen molar-refractivity contribution in [1.82, 2.24) is 0 Å². The summed E-state index contributed by atoms with van der Waals surface area (Å²) in [5, 5.41) is 0. The molecule has 0 amide bonds. The summed E-state index contributed by atoms with van der Waals surface area (Å²) in [5.41, 5.74) is 9.86. The van der Waals surface area contributed by atoms with Crippen LogP contribution in [-0.4, -0.2) is 6.04 Å². The number of hydrogen-bond acceptors (Lipinski definition) is 1. The average molecular weight is 402 g/mol. The van der Waals surface area contributed by atoms with Crippen LogP contribution >= 0.6 is 0 Å². The molecule has 29 heavy (non-hydrogen) atoms. The van der Waals surface area contributed by atoms with Crippen molar-refractivity contribution >= 4 is 0 Å². The summed E-state index contributed by atoms with van der Waals surface area (Å²) in [4.78, 5) is 0. The van der Waals surface area contributed by atoms with Gasteiger partial charge in [-0.1, -0.05) is 104 Å². The zero-order valence-electron chi connectivity index (χ0n) is 21.0. The lowest BCUT2D eigenvalue weighted by Crippen LogP contribution is -2.23. The predicted molar refractivity (Wildman–Crippen MR) is 132 cm³/mol. The van der Waals surface area contributed by atoms with Crippen LogP contribution in [0.1, 0.15) is 107 Å². The fourth-order valence-corrected chi connectivity index (χ4v) is 4.73. The van der Waals surface area contributed by atoms with E-state index >= 15 is 0 Å². The van der Waals surface area contributed by atoms with E-state index in [1.807, 2.05) is 0 Å². The molecule has 0 bridgehead atoms. The Morgan fingerprint density at radius 2 is 1.86 bits per heavy atom. The minimum Gasteiger partial charge on any atom is -0.328 e. The number of rotatable bonds is 14. The third-order valence-electron chi connectivity index (χ3n) is 7.05. The third kappa shape index (κ3) is 9.69. The molecule has 1 saturated carbocycles. The number of hydrogen-bond donors (Lipinski definition) is 1. The summed E-state index contributed by atoms with van der Waals surface area (Å²) >= 11 is 0. The van der Waals surface area contributed by atoms with Crippen LogP contribution in [0.2, 0.25) is 0 Å². The van der Waals surface area contributed by atoms with E-state index in [-0.39, 0.29) is 5.41 Å². The molecule has 1 aliphatic rings. The van der Waals surface area contributed by atoms with E-state index in [2.05, 4.69) is 80.2 Å². The van der Waals surface area contributed by atoms with Crippen LogP contribution in [0.4, 0.5) is 0 Å². The highest BCUT2D eigenvalue weighted by molar-refractivity contribution is 5.21.